The van der Waals surface area contributed by atoms with Crippen molar-refractivity contribution in [2.45, 2.75) is 38.8 Å². The summed E-state index contributed by atoms with van der Waals surface area (Å²) in [4.78, 5) is 45.6. The number of rotatable bonds is 11. The molecule has 1 rings (SSSR count). The van der Waals surface area contributed by atoms with Crippen LogP contribution in [-0.4, -0.2) is 59.8 Å². The van der Waals surface area contributed by atoms with Crippen LogP contribution in [0, 0.1) is 0 Å². The Morgan fingerprint density at radius 3 is 2.42 bits per heavy atom. The van der Waals surface area contributed by atoms with Crippen LogP contribution in [0.3, 0.4) is 0 Å². The number of nitrogens with one attached hydrogen (secondary N) is 1. The summed E-state index contributed by atoms with van der Waals surface area (Å²) in [7, 11) is -3.14. The molecule has 0 radical (unpaired) electrons. The van der Waals surface area contributed by atoms with Crippen LogP contribution >= 0.6 is 7.37 Å². The third kappa shape index (κ3) is 9.33. The van der Waals surface area contributed by atoms with Crippen LogP contribution in [0.5, 0.6) is 0 Å². The number of hydrogen-bond donors (Lipinski definition) is 3. The molecule has 172 valence electrons. The van der Waals surface area contributed by atoms with Crippen molar-refractivity contribution in [2.24, 2.45) is 0 Å². The molecule has 0 saturated carbocycles. The fourth-order valence-corrected chi connectivity index (χ4v) is 4.08. The number of aliphatic hydroxyl groups excluding tert-OH is 1. The summed E-state index contributed by atoms with van der Waals surface area (Å²) in [6.45, 7) is 2.98. The van der Waals surface area contributed by atoms with Crippen LogP contribution < -0.4 is 5.32 Å². The van der Waals surface area contributed by atoms with Crippen LogP contribution in [0.2, 0.25) is 0 Å². The normalized spacial score (nSPS) is 15.2. The molecule has 3 atom stereocenters. The van der Waals surface area contributed by atoms with Crippen molar-refractivity contribution in [1.82, 2.24) is 5.32 Å². The first-order valence-corrected chi connectivity index (χ1v) is 11.4. The fourth-order valence-electron chi connectivity index (χ4n) is 2.50. The molecule has 0 heterocycles. The number of methoxy groups -OCH3 is 1. The van der Waals surface area contributed by atoms with Gasteiger partial charge in [-0.15, -0.1) is 0 Å². The number of aliphatic hydroxyl groups is 1. The van der Waals surface area contributed by atoms with Gasteiger partial charge in [-0.25, -0.2) is 14.4 Å². The molecule has 0 spiro atoms. The lowest BCUT2D eigenvalue weighted by atomic mass is 10.2. The van der Waals surface area contributed by atoms with Crippen molar-refractivity contribution in [3.63, 3.8) is 0 Å². The molecule has 0 aliphatic carbocycles. The number of amides is 1. The topological polar surface area (TPSA) is 148 Å². The first kappa shape index (κ1) is 26.4. The summed E-state index contributed by atoms with van der Waals surface area (Å²) in [6, 6.07) is 7.59. The highest BCUT2D eigenvalue weighted by Crippen LogP contribution is 2.48. The number of carbonyl (C=O) groups excluding carboxylic acids is 3. The second kappa shape index (κ2) is 12.9. The van der Waals surface area contributed by atoms with E-state index in [1.165, 1.54) is 6.92 Å². The number of alkyl carbamates (subject to hydrolysis) is 1. The molecule has 0 fully saturated rings. The zero-order valence-corrected chi connectivity index (χ0v) is 18.5. The van der Waals surface area contributed by atoms with Gasteiger partial charge >= 0.3 is 18.0 Å². The van der Waals surface area contributed by atoms with E-state index in [9.17, 15) is 28.9 Å². The monoisotopic (exact) mass is 457 g/mol. The fraction of sp³-hybridized carbons (Fsp3) is 0.450. The Hall–Kier alpha value is -2.68. The van der Waals surface area contributed by atoms with Gasteiger partial charge in [0.1, 0.15) is 12.6 Å². The minimum Gasteiger partial charge on any atom is -0.467 e. The van der Waals surface area contributed by atoms with Crippen molar-refractivity contribution in [2.75, 3.05) is 19.9 Å². The summed E-state index contributed by atoms with van der Waals surface area (Å²) in [5.74, 6) is -3.43. The zero-order chi connectivity index (χ0) is 23.4. The summed E-state index contributed by atoms with van der Waals surface area (Å²) < 4.78 is 26.9. The van der Waals surface area contributed by atoms with Crippen LogP contribution in [0.15, 0.2) is 42.0 Å². The molecule has 1 aromatic rings. The number of ether oxygens (including phenoxy) is 3. The van der Waals surface area contributed by atoms with Gasteiger partial charge in [-0.1, -0.05) is 30.3 Å². The Morgan fingerprint density at radius 2 is 1.84 bits per heavy atom. The molecule has 0 saturated heterocycles. The summed E-state index contributed by atoms with van der Waals surface area (Å²) in [6.07, 6.45) is -0.814. The maximum atomic E-state index is 12.5. The van der Waals surface area contributed by atoms with Gasteiger partial charge in [-0.3, -0.25) is 4.57 Å². The van der Waals surface area contributed by atoms with Crippen molar-refractivity contribution >= 4 is 25.4 Å². The average molecular weight is 457 g/mol. The summed E-state index contributed by atoms with van der Waals surface area (Å²) >= 11 is 0. The number of benzene rings is 1. The summed E-state index contributed by atoms with van der Waals surface area (Å²) in [5.41, 5.74) is 0.674. The van der Waals surface area contributed by atoms with Crippen LogP contribution in [-0.2, 0) is 35.0 Å². The van der Waals surface area contributed by atoms with Gasteiger partial charge < -0.3 is 29.5 Å². The zero-order valence-electron chi connectivity index (χ0n) is 17.6. The maximum Gasteiger partial charge on any atom is 0.408 e. The molecule has 11 heteroatoms. The van der Waals surface area contributed by atoms with E-state index >= 15 is 0 Å². The lowest BCUT2D eigenvalue weighted by molar-refractivity contribution is -0.143. The van der Waals surface area contributed by atoms with E-state index in [1.54, 1.807) is 31.2 Å². The molecule has 31 heavy (non-hydrogen) atoms. The smallest absolute Gasteiger partial charge is 0.408 e. The molecular formula is C20H28NO9P. The molecule has 2 unspecified atom stereocenters. The van der Waals surface area contributed by atoms with E-state index in [0.717, 1.165) is 18.7 Å². The Balaban J connectivity index is 2.71. The summed E-state index contributed by atoms with van der Waals surface area (Å²) in [5, 5.41) is 12.4. The van der Waals surface area contributed by atoms with Gasteiger partial charge in [0, 0.05) is 12.2 Å². The Morgan fingerprint density at radius 1 is 1.19 bits per heavy atom. The molecule has 10 nitrogen and oxygen atoms in total. The molecule has 1 aromatic carbocycles. The van der Waals surface area contributed by atoms with E-state index < -0.39 is 43.4 Å². The average Bonchev–Trinajstić information content (AvgIpc) is 2.74. The Kier molecular flexibility index (Phi) is 11.0. The van der Waals surface area contributed by atoms with Crippen molar-refractivity contribution in [3.8, 4) is 0 Å². The molecule has 1 amide bonds. The first-order valence-electron chi connectivity index (χ1n) is 9.50. The van der Waals surface area contributed by atoms with Gasteiger partial charge in [0.05, 0.1) is 13.7 Å². The number of hydrogen-bond acceptors (Lipinski definition) is 8. The van der Waals surface area contributed by atoms with E-state index in [1.807, 2.05) is 6.07 Å². The molecular weight excluding hydrogens is 429 g/mol. The van der Waals surface area contributed by atoms with E-state index in [-0.39, 0.29) is 25.2 Å². The minimum atomic E-state index is -4.25. The van der Waals surface area contributed by atoms with Crippen molar-refractivity contribution < 1.29 is 43.2 Å². The van der Waals surface area contributed by atoms with Gasteiger partial charge in [-0.2, -0.15) is 0 Å². The van der Waals surface area contributed by atoms with Crippen molar-refractivity contribution in [1.29, 1.82) is 0 Å². The molecule has 0 aliphatic heterocycles. The molecule has 0 aliphatic rings. The minimum absolute atomic E-state index is 0.0321. The standard InChI is InChI=1S/C20H28NO9P/c1-4-29-17(22)12-14(2)19(24)31(26,27)11-10-16(18(23)28-3)21-20(25)30-13-15-8-6-5-7-9-15/h5-9,12,16,19,24H,4,10-11,13H2,1-3H3,(H,21,25)(H,26,27)/t16-,19?/m0/s1. The lowest BCUT2D eigenvalue weighted by Gasteiger charge is -2.22. The second-order valence-electron chi connectivity index (χ2n) is 6.56. The predicted octanol–water partition coefficient (Wildman–Crippen LogP) is 1.94. The van der Waals surface area contributed by atoms with E-state index in [0.29, 0.717) is 0 Å². The van der Waals surface area contributed by atoms with Gasteiger partial charge in [0.15, 0.2) is 5.85 Å². The third-order valence-corrected chi connectivity index (χ3v) is 6.22. The predicted molar refractivity (Wildman–Crippen MR) is 111 cm³/mol. The molecule has 3 N–H and O–H groups in total. The van der Waals surface area contributed by atoms with Crippen LogP contribution in [0.25, 0.3) is 0 Å². The maximum absolute atomic E-state index is 12.5. The number of carbonyl (C=O) groups is 3. The largest absolute Gasteiger partial charge is 0.467 e. The van der Waals surface area contributed by atoms with Gasteiger partial charge in [-0.05, 0) is 31.4 Å². The Labute approximate surface area is 180 Å². The van der Waals surface area contributed by atoms with Crippen LogP contribution in [0.1, 0.15) is 25.8 Å². The highest BCUT2D eigenvalue weighted by atomic mass is 31.2. The van der Waals surface area contributed by atoms with Crippen LogP contribution in [0.4, 0.5) is 4.79 Å². The first-order chi connectivity index (χ1) is 14.6. The highest BCUT2D eigenvalue weighted by Gasteiger charge is 2.33. The SMILES string of the molecule is CCOC(=O)C=C(C)C(O)P(=O)(O)CC[C@H](NC(=O)OCc1ccccc1)C(=O)OC. The van der Waals surface area contributed by atoms with E-state index in [4.69, 9.17) is 9.47 Å². The van der Waals surface area contributed by atoms with E-state index in [2.05, 4.69) is 10.1 Å². The molecule has 0 bridgehead atoms. The third-order valence-electron chi connectivity index (χ3n) is 4.15. The Bertz CT molecular complexity index is 825. The lowest BCUT2D eigenvalue weighted by Crippen LogP contribution is -2.42. The van der Waals surface area contributed by atoms with Gasteiger partial charge in [0.2, 0.25) is 7.37 Å². The number of esters is 2. The molecule has 0 aromatic heterocycles. The highest BCUT2D eigenvalue weighted by molar-refractivity contribution is 7.58. The quantitative estimate of drug-likeness (QED) is 0.196. The van der Waals surface area contributed by atoms with Gasteiger partial charge in [0.25, 0.3) is 0 Å². The van der Waals surface area contributed by atoms with Crippen molar-refractivity contribution in [3.05, 3.63) is 47.5 Å². The second-order valence-corrected chi connectivity index (χ2v) is 9.01.